The predicted molar refractivity (Wildman–Crippen MR) is 128 cm³/mol. The second-order valence-corrected chi connectivity index (χ2v) is 9.10. The number of carboxylic acids is 1. The highest BCUT2D eigenvalue weighted by Crippen LogP contribution is 2.30. The second-order valence-electron chi connectivity index (χ2n) is 9.10. The number of carbonyl (C=O) groups is 1. The molecule has 0 radical (unpaired) electrons. The first-order valence-electron chi connectivity index (χ1n) is 11.9. The molecular weight excluding hydrogens is 416 g/mol. The van der Waals surface area contributed by atoms with Crippen molar-refractivity contribution in [2.75, 3.05) is 26.7 Å². The Morgan fingerprint density at radius 3 is 2.82 bits per heavy atom. The Morgan fingerprint density at radius 2 is 2.06 bits per heavy atom. The number of nitrogens with zero attached hydrogens (tertiary/aromatic N) is 4. The van der Waals surface area contributed by atoms with E-state index in [4.69, 9.17) is 4.74 Å². The van der Waals surface area contributed by atoms with Gasteiger partial charge in [0.1, 0.15) is 11.6 Å². The summed E-state index contributed by atoms with van der Waals surface area (Å²) >= 11 is 0. The predicted octanol–water partition coefficient (Wildman–Crippen LogP) is 3.96. The largest absolute Gasteiger partial charge is 0.497 e. The maximum Gasteiger partial charge on any atom is 0.308 e. The van der Waals surface area contributed by atoms with E-state index in [1.165, 1.54) is 5.56 Å². The van der Waals surface area contributed by atoms with Crippen molar-refractivity contribution in [1.29, 1.82) is 0 Å². The number of benzene rings is 1. The number of pyridine rings is 1. The van der Waals surface area contributed by atoms with Gasteiger partial charge in [-0.3, -0.25) is 9.78 Å². The van der Waals surface area contributed by atoms with E-state index in [2.05, 4.69) is 20.9 Å². The molecule has 0 amide bonds. The van der Waals surface area contributed by atoms with Crippen molar-refractivity contribution in [1.82, 2.24) is 19.4 Å². The molecule has 0 unspecified atom stereocenters. The normalized spacial score (nSPS) is 19.1. The van der Waals surface area contributed by atoms with Gasteiger partial charge in [-0.1, -0.05) is 0 Å². The molecule has 2 aromatic heterocycles. The molecule has 0 aliphatic carbocycles. The first kappa shape index (κ1) is 23.2. The summed E-state index contributed by atoms with van der Waals surface area (Å²) in [6.45, 7) is 2.55. The van der Waals surface area contributed by atoms with E-state index in [1.807, 2.05) is 48.4 Å². The minimum absolute atomic E-state index is 0.232. The van der Waals surface area contributed by atoms with Crippen molar-refractivity contribution < 1.29 is 14.6 Å². The number of piperidine rings is 1. The molecule has 7 nitrogen and oxygen atoms in total. The second kappa shape index (κ2) is 10.8. The van der Waals surface area contributed by atoms with E-state index >= 15 is 0 Å². The number of aromatic nitrogens is 3. The van der Waals surface area contributed by atoms with E-state index < -0.39 is 5.97 Å². The van der Waals surface area contributed by atoms with Gasteiger partial charge in [0.2, 0.25) is 0 Å². The summed E-state index contributed by atoms with van der Waals surface area (Å²) in [4.78, 5) is 23.2. The van der Waals surface area contributed by atoms with Gasteiger partial charge in [0, 0.05) is 44.0 Å². The van der Waals surface area contributed by atoms with Gasteiger partial charge in [-0.25, -0.2) is 4.98 Å². The van der Waals surface area contributed by atoms with E-state index in [-0.39, 0.29) is 11.8 Å². The Bertz CT molecular complexity index is 1080. The lowest BCUT2D eigenvalue weighted by molar-refractivity contribution is -0.146. The van der Waals surface area contributed by atoms with Crippen molar-refractivity contribution in [2.45, 2.75) is 38.5 Å². The average molecular weight is 451 g/mol. The van der Waals surface area contributed by atoms with Gasteiger partial charge >= 0.3 is 5.97 Å². The number of likely N-dealkylation sites (tertiary alicyclic amines) is 1. The highest BCUT2D eigenvalue weighted by Gasteiger charge is 2.33. The van der Waals surface area contributed by atoms with Crippen LogP contribution < -0.4 is 4.74 Å². The number of aliphatic carboxylic acids is 1. The fourth-order valence-electron chi connectivity index (χ4n) is 5.08. The van der Waals surface area contributed by atoms with Crippen molar-refractivity contribution in [3.05, 3.63) is 54.2 Å². The minimum atomic E-state index is -0.659. The van der Waals surface area contributed by atoms with Gasteiger partial charge in [0.25, 0.3) is 0 Å². The molecule has 1 aliphatic rings. The fraction of sp³-hybridized carbons (Fsp3) is 0.500. The standard InChI is InChI=1S/C26H34N4O3/c1-29-16-13-28-25(29)7-4-14-30-15-11-20(23(18-30)26(31)32)6-3-5-19-10-12-27-24-9-8-21(33-2)17-22(19)24/h8-10,12-13,16-17,20,23H,3-7,11,14-15,18H2,1-2H3,(H,31,32)/t20-,23+/m1/s1. The van der Waals surface area contributed by atoms with Gasteiger partial charge in [0.15, 0.2) is 0 Å². The number of ether oxygens (including phenoxy) is 1. The van der Waals surface area contributed by atoms with Crippen molar-refractivity contribution in [2.24, 2.45) is 18.9 Å². The summed E-state index contributed by atoms with van der Waals surface area (Å²) in [5.74, 6) is 1.20. The van der Waals surface area contributed by atoms with Crippen LogP contribution in [-0.4, -0.2) is 57.3 Å². The van der Waals surface area contributed by atoms with Gasteiger partial charge < -0.3 is 19.3 Å². The van der Waals surface area contributed by atoms with Crippen molar-refractivity contribution >= 4 is 16.9 Å². The van der Waals surface area contributed by atoms with Gasteiger partial charge in [0.05, 0.1) is 18.5 Å². The number of aryl methyl sites for hydroxylation is 3. The number of hydrogen-bond acceptors (Lipinski definition) is 5. The van der Waals surface area contributed by atoms with Gasteiger partial charge in [-0.05, 0) is 80.9 Å². The number of imidazole rings is 1. The SMILES string of the molecule is COc1ccc2nccc(CCC[C@@H]3CCN(CCCc4nccn4C)C[C@@H]3C(=O)O)c2c1. The molecule has 1 fully saturated rings. The number of carboxylic acid groups (broad SMARTS) is 1. The van der Waals surface area contributed by atoms with Crippen molar-refractivity contribution in [3.8, 4) is 5.75 Å². The Labute approximate surface area is 195 Å². The highest BCUT2D eigenvalue weighted by atomic mass is 16.5. The Kier molecular flexibility index (Phi) is 7.60. The highest BCUT2D eigenvalue weighted by molar-refractivity contribution is 5.83. The molecule has 7 heteroatoms. The third-order valence-corrected chi connectivity index (χ3v) is 7.01. The number of fused-ring (bicyclic) bond motifs is 1. The van der Waals surface area contributed by atoms with Crippen LogP contribution in [0.4, 0.5) is 0 Å². The molecule has 0 spiro atoms. The number of methoxy groups -OCH3 is 1. The van der Waals surface area contributed by atoms with Crippen LogP contribution in [0.25, 0.3) is 10.9 Å². The van der Waals surface area contributed by atoms with Crippen LogP contribution in [0.15, 0.2) is 42.9 Å². The lowest BCUT2D eigenvalue weighted by Crippen LogP contribution is -2.44. The van der Waals surface area contributed by atoms with E-state index in [9.17, 15) is 9.90 Å². The molecule has 1 aromatic carbocycles. The zero-order valence-corrected chi connectivity index (χ0v) is 19.6. The molecule has 33 heavy (non-hydrogen) atoms. The molecule has 0 bridgehead atoms. The van der Waals surface area contributed by atoms with Crippen LogP contribution >= 0.6 is 0 Å². The van der Waals surface area contributed by atoms with Crippen LogP contribution in [0.5, 0.6) is 5.75 Å². The Hall–Kier alpha value is -2.93. The Morgan fingerprint density at radius 1 is 1.18 bits per heavy atom. The molecule has 3 heterocycles. The molecule has 176 valence electrons. The molecule has 0 saturated carbocycles. The van der Waals surface area contributed by atoms with Gasteiger partial charge in [-0.15, -0.1) is 0 Å². The lowest BCUT2D eigenvalue weighted by Gasteiger charge is -2.36. The van der Waals surface area contributed by atoms with Crippen LogP contribution in [0.1, 0.15) is 37.1 Å². The first-order chi connectivity index (χ1) is 16.0. The third kappa shape index (κ3) is 5.71. The summed E-state index contributed by atoms with van der Waals surface area (Å²) in [6.07, 6.45) is 11.3. The molecular formula is C26H34N4O3. The number of hydrogen-bond donors (Lipinski definition) is 1. The monoisotopic (exact) mass is 450 g/mol. The molecule has 2 atom stereocenters. The summed E-state index contributed by atoms with van der Waals surface area (Å²) in [5.41, 5.74) is 2.22. The van der Waals surface area contributed by atoms with Crippen LogP contribution in [0.2, 0.25) is 0 Å². The van der Waals surface area contributed by atoms with E-state index in [1.54, 1.807) is 7.11 Å². The van der Waals surface area contributed by atoms with E-state index in [0.717, 1.165) is 74.1 Å². The molecule has 1 saturated heterocycles. The zero-order chi connectivity index (χ0) is 23.2. The third-order valence-electron chi connectivity index (χ3n) is 7.01. The summed E-state index contributed by atoms with van der Waals surface area (Å²) in [5, 5.41) is 11.0. The molecule has 1 N–H and O–H groups in total. The van der Waals surface area contributed by atoms with E-state index in [0.29, 0.717) is 6.54 Å². The average Bonchev–Trinajstić information content (AvgIpc) is 3.24. The lowest BCUT2D eigenvalue weighted by atomic mass is 9.81. The first-order valence-corrected chi connectivity index (χ1v) is 11.9. The molecule has 1 aliphatic heterocycles. The summed E-state index contributed by atoms with van der Waals surface area (Å²) in [6, 6.07) is 8.03. The fourth-order valence-corrected chi connectivity index (χ4v) is 5.08. The summed E-state index contributed by atoms with van der Waals surface area (Å²) in [7, 11) is 3.69. The van der Waals surface area contributed by atoms with Crippen molar-refractivity contribution in [3.63, 3.8) is 0 Å². The topological polar surface area (TPSA) is 80.5 Å². The van der Waals surface area contributed by atoms with Crippen LogP contribution in [0, 0.1) is 11.8 Å². The maximum atomic E-state index is 12.0. The Balaban J connectivity index is 1.30. The van der Waals surface area contributed by atoms with Crippen LogP contribution in [0.3, 0.4) is 0 Å². The smallest absolute Gasteiger partial charge is 0.308 e. The number of rotatable bonds is 10. The minimum Gasteiger partial charge on any atom is -0.497 e. The quantitative estimate of drug-likeness (QED) is 0.504. The zero-order valence-electron chi connectivity index (χ0n) is 19.6. The molecule has 3 aromatic rings. The van der Waals surface area contributed by atoms with Crippen LogP contribution in [-0.2, 0) is 24.7 Å². The van der Waals surface area contributed by atoms with Gasteiger partial charge in [-0.2, -0.15) is 0 Å². The maximum absolute atomic E-state index is 12.0. The molecule has 4 rings (SSSR count). The summed E-state index contributed by atoms with van der Waals surface area (Å²) < 4.78 is 7.43.